The van der Waals surface area contributed by atoms with Gasteiger partial charge in [-0.05, 0) is 24.6 Å². The van der Waals surface area contributed by atoms with E-state index in [-0.39, 0.29) is 12.5 Å². The number of rotatable bonds is 4. The summed E-state index contributed by atoms with van der Waals surface area (Å²) in [5, 5.41) is 15.5. The normalized spacial score (nSPS) is 9.81. The second-order valence-corrected chi connectivity index (χ2v) is 4.45. The molecule has 2 rings (SSSR count). The standard InChI is InChI=1S/C15H16N4O2/c1-12-4-5-14(9-13(12)3-2-8-20)18-15(21)6-7-19-11-16-10-17-19/h4-5,9-11,20H,6-8H2,1H3,(H,18,21). The Labute approximate surface area is 122 Å². The van der Waals surface area contributed by atoms with Gasteiger partial charge >= 0.3 is 0 Å². The number of hydrogen-bond acceptors (Lipinski definition) is 4. The van der Waals surface area contributed by atoms with Crippen LogP contribution in [-0.4, -0.2) is 32.4 Å². The first-order chi connectivity index (χ1) is 10.2. The molecule has 2 aromatic rings. The number of nitrogens with zero attached hydrogens (tertiary/aromatic N) is 3. The molecule has 0 saturated carbocycles. The van der Waals surface area contributed by atoms with Gasteiger partial charge in [0.2, 0.25) is 5.91 Å². The molecule has 21 heavy (non-hydrogen) atoms. The second kappa shape index (κ2) is 7.22. The van der Waals surface area contributed by atoms with Gasteiger partial charge in [-0.3, -0.25) is 9.48 Å². The van der Waals surface area contributed by atoms with Gasteiger partial charge in [0.1, 0.15) is 19.3 Å². The van der Waals surface area contributed by atoms with Gasteiger partial charge < -0.3 is 10.4 Å². The molecule has 0 atom stereocenters. The van der Waals surface area contributed by atoms with E-state index >= 15 is 0 Å². The fourth-order valence-corrected chi connectivity index (χ4v) is 1.76. The molecule has 0 aliphatic heterocycles. The fourth-order valence-electron chi connectivity index (χ4n) is 1.76. The summed E-state index contributed by atoms with van der Waals surface area (Å²) in [5.41, 5.74) is 2.47. The van der Waals surface area contributed by atoms with Gasteiger partial charge in [0.15, 0.2) is 0 Å². The molecule has 1 amide bonds. The SMILES string of the molecule is Cc1ccc(NC(=O)CCn2cncn2)cc1C#CCO. The van der Waals surface area contributed by atoms with Crippen molar-refractivity contribution in [1.29, 1.82) is 0 Å². The molecule has 1 aromatic carbocycles. The summed E-state index contributed by atoms with van der Waals surface area (Å²) in [5.74, 6) is 5.36. The number of carbonyl (C=O) groups is 1. The van der Waals surface area contributed by atoms with Crippen LogP contribution >= 0.6 is 0 Å². The predicted molar refractivity (Wildman–Crippen MR) is 78.4 cm³/mol. The zero-order valence-electron chi connectivity index (χ0n) is 11.7. The number of nitrogens with one attached hydrogen (secondary N) is 1. The van der Waals surface area contributed by atoms with Crippen LogP contribution in [0.3, 0.4) is 0 Å². The smallest absolute Gasteiger partial charge is 0.226 e. The van der Waals surface area contributed by atoms with Gasteiger partial charge in [-0.2, -0.15) is 5.10 Å². The minimum absolute atomic E-state index is 0.101. The maximum Gasteiger partial charge on any atom is 0.226 e. The van der Waals surface area contributed by atoms with Crippen LogP contribution in [0.25, 0.3) is 0 Å². The van der Waals surface area contributed by atoms with Crippen LogP contribution in [0.5, 0.6) is 0 Å². The van der Waals surface area contributed by atoms with Gasteiger partial charge in [-0.25, -0.2) is 4.98 Å². The van der Waals surface area contributed by atoms with Crippen molar-refractivity contribution in [3.05, 3.63) is 42.0 Å². The van der Waals surface area contributed by atoms with Crippen molar-refractivity contribution in [3.8, 4) is 11.8 Å². The van der Waals surface area contributed by atoms with Gasteiger partial charge in [0.05, 0.1) is 6.54 Å². The average Bonchev–Trinajstić information content (AvgIpc) is 2.99. The maximum absolute atomic E-state index is 11.9. The summed E-state index contributed by atoms with van der Waals surface area (Å²) in [6, 6.07) is 5.51. The first kappa shape index (κ1) is 14.8. The molecular formula is C15H16N4O2. The van der Waals surface area contributed by atoms with Gasteiger partial charge in [-0.15, -0.1) is 0 Å². The van der Waals surface area contributed by atoms with Crippen LogP contribution in [-0.2, 0) is 11.3 Å². The Morgan fingerprint density at radius 3 is 3.05 bits per heavy atom. The highest BCUT2D eigenvalue weighted by Gasteiger charge is 2.05. The van der Waals surface area contributed by atoms with E-state index < -0.39 is 0 Å². The zero-order chi connectivity index (χ0) is 15.1. The Morgan fingerprint density at radius 1 is 1.48 bits per heavy atom. The molecule has 108 valence electrons. The van der Waals surface area contributed by atoms with Crippen LogP contribution in [0.1, 0.15) is 17.5 Å². The van der Waals surface area contributed by atoms with Crippen LogP contribution in [0, 0.1) is 18.8 Å². The van der Waals surface area contributed by atoms with E-state index in [9.17, 15) is 4.79 Å². The summed E-state index contributed by atoms with van der Waals surface area (Å²) in [4.78, 5) is 15.7. The van der Waals surface area contributed by atoms with E-state index in [2.05, 4.69) is 27.2 Å². The molecule has 0 radical (unpaired) electrons. The summed E-state index contributed by atoms with van der Waals surface area (Å²) >= 11 is 0. The van der Waals surface area contributed by atoms with Crippen LogP contribution in [0.4, 0.5) is 5.69 Å². The fraction of sp³-hybridized carbons (Fsp3) is 0.267. The number of aromatic nitrogens is 3. The van der Waals surface area contributed by atoms with E-state index in [1.807, 2.05) is 19.1 Å². The van der Waals surface area contributed by atoms with Gasteiger partial charge in [0, 0.05) is 17.7 Å². The zero-order valence-corrected chi connectivity index (χ0v) is 11.7. The Kier molecular flexibility index (Phi) is 5.07. The van der Waals surface area contributed by atoms with E-state index in [0.29, 0.717) is 18.7 Å². The van der Waals surface area contributed by atoms with E-state index in [1.165, 1.54) is 6.33 Å². The number of benzene rings is 1. The lowest BCUT2D eigenvalue weighted by molar-refractivity contribution is -0.116. The molecule has 1 aromatic heterocycles. The first-order valence-corrected chi connectivity index (χ1v) is 6.51. The Hall–Kier alpha value is -2.65. The number of carbonyl (C=O) groups excluding carboxylic acids is 1. The first-order valence-electron chi connectivity index (χ1n) is 6.51. The quantitative estimate of drug-likeness (QED) is 0.820. The number of aliphatic hydroxyl groups is 1. The van der Waals surface area contributed by atoms with Crippen molar-refractivity contribution >= 4 is 11.6 Å². The third-order valence-corrected chi connectivity index (χ3v) is 2.86. The van der Waals surface area contributed by atoms with Crippen LogP contribution < -0.4 is 5.32 Å². The molecule has 0 spiro atoms. The summed E-state index contributed by atoms with van der Waals surface area (Å²) in [6.45, 7) is 2.22. The van der Waals surface area contributed by atoms with Crippen molar-refractivity contribution < 1.29 is 9.90 Å². The van der Waals surface area contributed by atoms with Crippen molar-refractivity contribution in [1.82, 2.24) is 14.8 Å². The Morgan fingerprint density at radius 2 is 2.33 bits per heavy atom. The van der Waals surface area contributed by atoms with Crippen molar-refractivity contribution in [2.45, 2.75) is 19.9 Å². The molecule has 0 fully saturated rings. The molecule has 2 N–H and O–H groups in total. The van der Waals surface area contributed by atoms with Crippen molar-refractivity contribution in [2.75, 3.05) is 11.9 Å². The Bertz CT molecular complexity index is 669. The van der Waals surface area contributed by atoms with E-state index in [4.69, 9.17) is 5.11 Å². The third kappa shape index (κ3) is 4.44. The minimum Gasteiger partial charge on any atom is -0.384 e. The molecule has 1 heterocycles. The third-order valence-electron chi connectivity index (χ3n) is 2.86. The predicted octanol–water partition coefficient (Wildman–Crippen LogP) is 0.959. The van der Waals surface area contributed by atoms with Crippen molar-refractivity contribution in [3.63, 3.8) is 0 Å². The molecular weight excluding hydrogens is 268 g/mol. The Balaban J connectivity index is 1.97. The number of hydrogen-bond donors (Lipinski definition) is 2. The highest BCUT2D eigenvalue weighted by atomic mass is 16.2. The van der Waals surface area contributed by atoms with Crippen molar-refractivity contribution in [2.24, 2.45) is 0 Å². The minimum atomic E-state index is -0.187. The van der Waals surface area contributed by atoms with Crippen LogP contribution in [0.15, 0.2) is 30.9 Å². The molecule has 6 heteroatoms. The lowest BCUT2D eigenvalue weighted by Gasteiger charge is -2.07. The second-order valence-electron chi connectivity index (χ2n) is 4.45. The highest BCUT2D eigenvalue weighted by molar-refractivity contribution is 5.90. The lowest BCUT2D eigenvalue weighted by Crippen LogP contribution is -2.14. The molecule has 0 saturated heterocycles. The number of anilines is 1. The van der Waals surface area contributed by atoms with Gasteiger partial charge in [-0.1, -0.05) is 17.9 Å². The lowest BCUT2D eigenvalue weighted by atomic mass is 10.1. The molecule has 0 unspecified atom stereocenters. The number of amides is 1. The van der Waals surface area contributed by atoms with E-state index in [0.717, 1.165) is 11.1 Å². The van der Waals surface area contributed by atoms with Gasteiger partial charge in [0.25, 0.3) is 0 Å². The topological polar surface area (TPSA) is 80.0 Å². The number of aryl methyl sites for hydroxylation is 2. The monoisotopic (exact) mass is 284 g/mol. The molecule has 0 bridgehead atoms. The largest absolute Gasteiger partial charge is 0.384 e. The summed E-state index contributed by atoms with van der Waals surface area (Å²) < 4.78 is 1.60. The molecule has 0 aliphatic carbocycles. The van der Waals surface area contributed by atoms with Crippen LogP contribution in [0.2, 0.25) is 0 Å². The average molecular weight is 284 g/mol. The highest BCUT2D eigenvalue weighted by Crippen LogP contribution is 2.14. The summed E-state index contributed by atoms with van der Waals surface area (Å²) in [6.07, 6.45) is 3.32. The molecule has 0 aliphatic rings. The molecule has 6 nitrogen and oxygen atoms in total. The summed E-state index contributed by atoms with van der Waals surface area (Å²) in [7, 11) is 0. The van der Waals surface area contributed by atoms with E-state index in [1.54, 1.807) is 17.1 Å². The maximum atomic E-state index is 11.9. The number of aliphatic hydroxyl groups excluding tert-OH is 1.